The minimum atomic E-state index is -0.468. The van der Waals surface area contributed by atoms with E-state index in [0.29, 0.717) is 13.0 Å². The predicted octanol–water partition coefficient (Wildman–Crippen LogP) is 1.96. The molecule has 1 aliphatic rings. The fraction of sp³-hybridized carbons (Fsp3) is 0.556. The van der Waals surface area contributed by atoms with Gasteiger partial charge in [-0.25, -0.2) is 9.18 Å². The van der Waals surface area contributed by atoms with Crippen LogP contribution in [0, 0.1) is 12.7 Å². The van der Waals surface area contributed by atoms with Crippen LogP contribution in [0.2, 0.25) is 0 Å². The average Bonchev–Trinajstić information content (AvgIpc) is 2.87. The van der Waals surface area contributed by atoms with Gasteiger partial charge >= 0.3 is 6.09 Å². The number of likely N-dealkylation sites (tertiary alicyclic amines) is 1. The molecule has 1 aromatic carbocycles. The lowest BCUT2D eigenvalue weighted by atomic mass is 10.1. The predicted molar refractivity (Wildman–Crippen MR) is 92.6 cm³/mol. The van der Waals surface area contributed by atoms with Crippen LogP contribution in [0.3, 0.4) is 0 Å². The summed E-state index contributed by atoms with van der Waals surface area (Å²) in [5, 5.41) is 5.64. The molecule has 0 saturated carbocycles. The lowest BCUT2D eigenvalue weighted by molar-refractivity contribution is -0.125. The Hall–Kier alpha value is -2.15. The Labute approximate surface area is 147 Å². The molecule has 2 rings (SSSR count). The second-order valence-corrected chi connectivity index (χ2v) is 6.78. The second kappa shape index (κ2) is 8.29. The summed E-state index contributed by atoms with van der Waals surface area (Å²) in [6.07, 6.45) is -0.143. The highest BCUT2D eigenvalue weighted by molar-refractivity contribution is 5.82. The zero-order valence-electron chi connectivity index (χ0n) is 15.1. The van der Waals surface area contributed by atoms with Crippen molar-refractivity contribution in [3.8, 4) is 0 Å². The van der Waals surface area contributed by atoms with Crippen LogP contribution in [0.4, 0.5) is 9.18 Å². The van der Waals surface area contributed by atoms with E-state index in [1.807, 2.05) is 18.9 Å². The number of nitrogens with zero attached hydrogens (tertiary/aromatic N) is 1. The summed E-state index contributed by atoms with van der Waals surface area (Å²) in [5.74, 6) is -0.451. The summed E-state index contributed by atoms with van der Waals surface area (Å²) in [7, 11) is 1.84. The number of benzene rings is 1. The van der Waals surface area contributed by atoms with Gasteiger partial charge in [0.25, 0.3) is 0 Å². The molecule has 138 valence electrons. The lowest BCUT2D eigenvalue weighted by Crippen LogP contribution is -2.41. The van der Waals surface area contributed by atoms with Crippen molar-refractivity contribution < 1.29 is 18.7 Å². The number of likely N-dealkylation sites (N-methyl/N-ethyl adjacent to an activating group) is 1. The Kier molecular flexibility index (Phi) is 6.36. The van der Waals surface area contributed by atoms with E-state index in [-0.39, 0.29) is 36.5 Å². The molecule has 2 N–H and O–H groups in total. The molecular formula is C18H26FN3O3. The van der Waals surface area contributed by atoms with Crippen molar-refractivity contribution in [2.24, 2.45) is 0 Å². The van der Waals surface area contributed by atoms with Crippen molar-refractivity contribution in [2.45, 2.75) is 51.9 Å². The third-order valence-corrected chi connectivity index (χ3v) is 4.28. The maximum absolute atomic E-state index is 13.3. The number of halogens is 1. The van der Waals surface area contributed by atoms with Crippen molar-refractivity contribution in [2.75, 3.05) is 13.6 Å². The van der Waals surface area contributed by atoms with Gasteiger partial charge in [-0.3, -0.25) is 9.69 Å². The van der Waals surface area contributed by atoms with Gasteiger partial charge in [-0.05, 0) is 57.5 Å². The van der Waals surface area contributed by atoms with Crippen molar-refractivity contribution in [3.05, 3.63) is 35.1 Å². The highest BCUT2D eigenvalue weighted by atomic mass is 19.1. The first kappa shape index (κ1) is 19.2. The summed E-state index contributed by atoms with van der Waals surface area (Å²) in [6, 6.07) is 4.05. The van der Waals surface area contributed by atoms with Crippen LogP contribution < -0.4 is 10.6 Å². The fourth-order valence-corrected chi connectivity index (χ4v) is 2.96. The first-order chi connectivity index (χ1) is 11.8. The molecule has 0 spiro atoms. The molecule has 1 aromatic rings. The number of hydrogen-bond acceptors (Lipinski definition) is 4. The SMILES string of the molecule is Cc1ccc(F)cc1CNC(=O)[C@@H]1C[C@H](NC(=O)OC(C)C)CN1C. The molecule has 1 heterocycles. The number of rotatable bonds is 5. The van der Waals surface area contributed by atoms with Crippen LogP contribution in [0.15, 0.2) is 18.2 Å². The monoisotopic (exact) mass is 351 g/mol. The standard InChI is InChI=1S/C18H26FN3O3/c1-11(2)25-18(24)21-15-8-16(22(4)10-15)17(23)20-9-13-7-14(19)6-5-12(13)3/h5-7,11,15-16H,8-10H2,1-4H3,(H,20,23)(H,21,24)/t15-,16-/m0/s1. The molecule has 1 saturated heterocycles. The minimum absolute atomic E-state index is 0.132. The molecule has 0 radical (unpaired) electrons. The van der Waals surface area contributed by atoms with Gasteiger partial charge < -0.3 is 15.4 Å². The number of carbonyl (C=O) groups excluding carboxylic acids is 2. The zero-order chi connectivity index (χ0) is 18.6. The maximum atomic E-state index is 13.3. The molecule has 25 heavy (non-hydrogen) atoms. The van der Waals surface area contributed by atoms with Gasteiger partial charge in [0.1, 0.15) is 5.82 Å². The van der Waals surface area contributed by atoms with Crippen LogP contribution in [0.25, 0.3) is 0 Å². The van der Waals surface area contributed by atoms with E-state index in [1.54, 1.807) is 19.9 Å². The maximum Gasteiger partial charge on any atom is 0.407 e. The Morgan fingerprint density at radius 1 is 1.40 bits per heavy atom. The summed E-state index contributed by atoms with van der Waals surface area (Å²) in [4.78, 5) is 26.0. The van der Waals surface area contributed by atoms with Crippen LogP contribution in [0.5, 0.6) is 0 Å². The van der Waals surface area contributed by atoms with E-state index in [2.05, 4.69) is 10.6 Å². The second-order valence-electron chi connectivity index (χ2n) is 6.78. The zero-order valence-corrected chi connectivity index (χ0v) is 15.1. The van der Waals surface area contributed by atoms with Crippen LogP contribution in [-0.2, 0) is 16.1 Å². The Balaban J connectivity index is 1.87. The minimum Gasteiger partial charge on any atom is -0.447 e. The van der Waals surface area contributed by atoms with Gasteiger partial charge in [0.2, 0.25) is 5.91 Å². The summed E-state index contributed by atoms with van der Waals surface area (Å²) in [5.41, 5.74) is 1.68. The van der Waals surface area contributed by atoms with Crippen LogP contribution in [-0.4, -0.2) is 48.7 Å². The molecule has 7 heteroatoms. The first-order valence-corrected chi connectivity index (χ1v) is 8.46. The molecule has 1 aliphatic heterocycles. The van der Waals surface area contributed by atoms with E-state index in [1.165, 1.54) is 12.1 Å². The van der Waals surface area contributed by atoms with Gasteiger partial charge in [0.05, 0.1) is 12.1 Å². The molecule has 2 atom stereocenters. The normalized spacial score (nSPS) is 20.6. The molecule has 2 amide bonds. The molecule has 1 fully saturated rings. The number of alkyl carbamates (subject to hydrolysis) is 1. The number of carbonyl (C=O) groups is 2. The number of ether oxygens (including phenoxy) is 1. The molecule has 0 unspecified atom stereocenters. The van der Waals surface area contributed by atoms with Crippen LogP contribution >= 0.6 is 0 Å². The average molecular weight is 351 g/mol. The summed E-state index contributed by atoms with van der Waals surface area (Å²) in [6.45, 7) is 6.30. The Morgan fingerprint density at radius 3 is 2.80 bits per heavy atom. The van der Waals surface area contributed by atoms with Crippen molar-refractivity contribution >= 4 is 12.0 Å². The van der Waals surface area contributed by atoms with Crippen LogP contribution in [0.1, 0.15) is 31.4 Å². The number of amides is 2. The molecule has 0 bridgehead atoms. The van der Waals surface area contributed by atoms with E-state index in [0.717, 1.165) is 11.1 Å². The highest BCUT2D eigenvalue weighted by Crippen LogP contribution is 2.17. The highest BCUT2D eigenvalue weighted by Gasteiger charge is 2.35. The van der Waals surface area contributed by atoms with Crippen molar-refractivity contribution in [1.82, 2.24) is 15.5 Å². The topological polar surface area (TPSA) is 70.7 Å². The third kappa shape index (κ3) is 5.42. The number of aryl methyl sites for hydroxylation is 1. The van der Waals surface area contributed by atoms with Gasteiger partial charge in [-0.1, -0.05) is 6.07 Å². The van der Waals surface area contributed by atoms with E-state index in [4.69, 9.17) is 4.74 Å². The summed E-state index contributed by atoms with van der Waals surface area (Å²) >= 11 is 0. The molecule has 6 nitrogen and oxygen atoms in total. The van der Waals surface area contributed by atoms with E-state index >= 15 is 0 Å². The van der Waals surface area contributed by atoms with Crippen molar-refractivity contribution in [1.29, 1.82) is 0 Å². The van der Waals surface area contributed by atoms with Gasteiger partial charge in [-0.2, -0.15) is 0 Å². The van der Waals surface area contributed by atoms with Gasteiger partial charge in [0.15, 0.2) is 0 Å². The lowest BCUT2D eigenvalue weighted by Gasteiger charge is -2.18. The first-order valence-electron chi connectivity index (χ1n) is 8.46. The Bertz CT molecular complexity index is 636. The van der Waals surface area contributed by atoms with Gasteiger partial charge in [0, 0.05) is 19.1 Å². The molecule has 0 aliphatic carbocycles. The van der Waals surface area contributed by atoms with E-state index < -0.39 is 6.09 Å². The fourth-order valence-electron chi connectivity index (χ4n) is 2.96. The molecule has 0 aromatic heterocycles. The number of hydrogen-bond donors (Lipinski definition) is 2. The smallest absolute Gasteiger partial charge is 0.407 e. The van der Waals surface area contributed by atoms with Crippen molar-refractivity contribution in [3.63, 3.8) is 0 Å². The molecular weight excluding hydrogens is 325 g/mol. The third-order valence-electron chi connectivity index (χ3n) is 4.28. The quantitative estimate of drug-likeness (QED) is 0.851. The summed E-state index contributed by atoms with van der Waals surface area (Å²) < 4.78 is 18.4. The number of nitrogens with one attached hydrogen (secondary N) is 2. The Morgan fingerprint density at radius 2 is 2.12 bits per heavy atom. The van der Waals surface area contributed by atoms with E-state index in [9.17, 15) is 14.0 Å². The largest absolute Gasteiger partial charge is 0.447 e. The van der Waals surface area contributed by atoms with Gasteiger partial charge in [-0.15, -0.1) is 0 Å².